The molecule has 1 aromatic carbocycles. The summed E-state index contributed by atoms with van der Waals surface area (Å²) in [7, 11) is 1.62. The Morgan fingerprint density at radius 2 is 1.66 bits per heavy atom. The van der Waals surface area contributed by atoms with Gasteiger partial charge in [-0.3, -0.25) is 4.79 Å². The number of hydrogen-bond donors (Lipinski definition) is 2. The van der Waals surface area contributed by atoms with Crippen LogP contribution in [0, 0.1) is 17.8 Å². The molecule has 6 rings (SSSR count). The number of nitrogens with zero attached hydrogens (tertiary/aromatic N) is 1. The molecule has 1 aromatic rings. The lowest BCUT2D eigenvalue weighted by molar-refractivity contribution is -0.130. The molecule has 6 nitrogen and oxygen atoms in total. The second-order valence-electron chi connectivity index (χ2n) is 9.70. The smallest absolute Gasteiger partial charge is 0.322 e. The number of methoxy groups -OCH3 is 1. The maximum Gasteiger partial charge on any atom is 0.322 e. The third-order valence-corrected chi connectivity index (χ3v) is 7.58. The van der Waals surface area contributed by atoms with Crippen molar-refractivity contribution in [2.45, 2.75) is 62.9 Å². The van der Waals surface area contributed by atoms with Crippen LogP contribution in [-0.2, 0) is 4.79 Å². The van der Waals surface area contributed by atoms with Gasteiger partial charge >= 0.3 is 6.03 Å². The molecule has 2 N–H and O–H groups in total. The summed E-state index contributed by atoms with van der Waals surface area (Å²) in [4.78, 5) is 27.8. The van der Waals surface area contributed by atoms with Crippen LogP contribution in [0.25, 0.3) is 0 Å². The van der Waals surface area contributed by atoms with E-state index in [4.69, 9.17) is 4.74 Å². The second-order valence-corrected chi connectivity index (χ2v) is 9.70. The number of carbonyl (C=O) groups is 2. The Morgan fingerprint density at radius 1 is 1.03 bits per heavy atom. The summed E-state index contributed by atoms with van der Waals surface area (Å²) in [5.41, 5.74) is 0.704. The summed E-state index contributed by atoms with van der Waals surface area (Å²) in [6.45, 7) is 0.626. The minimum Gasteiger partial charge on any atom is -0.497 e. The lowest BCUT2D eigenvalue weighted by Gasteiger charge is -2.57. The largest absolute Gasteiger partial charge is 0.497 e. The van der Waals surface area contributed by atoms with Crippen molar-refractivity contribution in [1.82, 2.24) is 10.2 Å². The van der Waals surface area contributed by atoms with Crippen molar-refractivity contribution in [2.75, 3.05) is 19.0 Å². The molecule has 4 aliphatic carbocycles. The van der Waals surface area contributed by atoms with Gasteiger partial charge in [0.25, 0.3) is 0 Å². The summed E-state index contributed by atoms with van der Waals surface area (Å²) >= 11 is 0. The fourth-order valence-corrected chi connectivity index (χ4v) is 6.76. The molecule has 1 atom stereocenters. The lowest BCUT2D eigenvalue weighted by Crippen LogP contribution is -2.62. The first-order valence-electron chi connectivity index (χ1n) is 11.1. The first-order chi connectivity index (χ1) is 14.0. The van der Waals surface area contributed by atoms with Crippen molar-refractivity contribution in [3.63, 3.8) is 0 Å². The molecule has 4 saturated carbocycles. The molecule has 6 heteroatoms. The SMILES string of the molecule is COc1ccc(NC(=O)N2CCC[C@@H]2C(=O)NC23CC4CC(CC(C4)C2)C3)cc1. The van der Waals surface area contributed by atoms with Gasteiger partial charge in [0.2, 0.25) is 5.91 Å². The van der Waals surface area contributed by atoms with Crippen LogP contribution in [-0.4, -0.2) is 42.1 Å². The highest BCUT2D eigenvalue weighted by atomic mass is 16.5. The zero-order valence-electron chi connectivity index (χ0n) is 17.2. The van der Waals surface area contributed by atoms with E-state index in [0.717, 1.165) is 55.6 Å². The van der Waals surface area contributed by atoms with Crippen LogP contribution in [0.15, 0.2) is 24.3 Å². The third-order valence-electron chi connectivity index (χ3n) is 7.58. The number of rotatable bonds is 4. The highest BCUT2D eigenvalue weighted by molar-refractivity contribution is 5.94. The van der Waals surface area contributed by atoms with Gasteiger partial charge < -0.3 is 20.3 Å². The van der Waals surface area contributed by atoms with Crippen LogP contribution < -0.4 is 15.4 Å². The number of likely N-dealkylation sites (tertiary alicyclic amines) is 1. The lowest BCUT2D eigenvalue weighted by atomic mass is 9.53. The molecule has 29 heavy (non-hydrogen) atoms. The standard InChI is InChI=1S/C23H31N3O3/c1-29-19-6-4-18(5-7-19)24-22(28)26-8-2-3-20(26)21(27)25-23-12-15-9-16(13-23)11-17(10-15)14-23/h4-7,15-17,20H,2-3,8-14H2,1H3,(H,24,28)(H,25,27)/t15?,16?,17?,20-,23?/m1/s1. The van der Waals surface area contributed by atoms with Crippen LogP contribution in [0.5, 0.6) is 5.75 Å². The van der Waals surface area contributed by atoms with Crippen molar-refractivity contribution in [3.05, 3.63) is 24.3 Å². The maximum absolute atomic E-state index is 13.2. The Balaban J connectivity index is 1.24. The molecule has 5 aliphatic rings. The van der Waals surface area contributed by atoms with E-state index >= 15 is 0 Å². The predicted octanol–water partition coefficient (Wildman–Crippen LogP) is 3.78. The van der Waals surface area contributed by atoms with Crippen molar-refractivity contribution in [1.29, 1.82) is 0 Å². The number of benzene rings is 1. The number of amides is 3. The maximum atomic E-state index is 13.2. The van der Waals surface area contributed by atoms with Crippen molar-refractivity contribution >= 4 is 17.6 Å². The van der Waals surface area contributed by atoms with Gasteiger partial charge in [-0.15, -0.1) is 0 Å². The highest BCUT2D eigenvalue weighted by Crippen LogP contribution is 2.55. The molecule has 0 spiro atoms. The van der Waals surface area contributed by atoms with Crippen LogP contribution in [0.2, 0.25) is 0 Å². The first-order valence-corrected chi connectivity index (χ1v) is 11.1. The van der Waals surface area contributed by atoms with E-state index < -0.39 is 0 Å². The molecule has 156 valence electrons. The Kier molecular flexibility index (Phi) is 4.67. The molecule has 3 amide bonds. The van der Waals surface area contributed by atoms with E-state index in [1.165, 1.54) is 19.3 Å². The molecular weight excluding hydrogens is 366 g/mol. The van der Waals surface area contributed by atoms with Gasteiger partial charge in [0.15, 0.2) is 0 Å². The molecule has 0 aromatic heterocycles. The second kappa shape index (κ2) is 7.22. The summed E-state index contributed by atoms with van der Waals surface area (Å²) in [5, 5.41) is 6.38. The molecule has 4 bridgehead atoms. The third kappa shape index (κ3) is 3.58. The summed E-state index contributed by atoms with van der Waals surface area (Å²) < 4.78 is 5.16. The molecule has 0 unspecified atom stereocenters. The minimum absolute atomic E-state index is 0.00739. The first kappa shape index (κ1) is 18.8. The van der Waals surface area contributed by atoms with E-state index in [0.29, 0.717) is 12.2 Å². The van der Waals surface area contributed by atoms with Crippen molar-refractivity contribution in [3.8, 4) is 5.75 Å². The Hall–Kier alpha value is -2.24. The zero-order chi connectivity index (χ0) is 20.0. The van der Waals surface area contributed by atoms with Gasteiger partial charge in [0.05, 0.1) is 7.11 Å². The van der Waals surface area contributed by atoms with Gasteiger partial charge in [0.1, 0.15) is 11.8 Å². The van der Waals surface area contributed by atoms with E-state index in [9.17, 15) is 9.59 Å². The van der Waals surface area contributed by atoms with Crippen molar-refractivity contribution < 1.29 is 14.3 Å². The molecule has 0 radical (unpaired) electrons. The summed E-state index contributed by atoms with van der Waals surface area (Å²) in [6.07, 6.45) is 9.09. The van der Waals surface area contributed by atoms with Crippen LogP contribution in [0.1, 0.15) is 51.4 Å². The van der Waals surface area contributed by atoms with Crippen molar-refractivity contribution in [2.24, 2.45) is 17.8 Å². The van der Waals surface area contributed by atoms with Gasteiger partial charge in [0, 0.05) is 17.8 Å². The quantitative estimate of drug-likeness (QED) is 0.812. The zero-order valence-corrected chi connectivity index (χ0v) is 17.2. The molecule has 1 saturated heterocycles. The average Bonchev–Trinajstić information content (AvgIpc) is 3.17. The number of urea groups is 1. The Labute approximate surface area is 172 Å². The molecule has 1 heterocycles. The fourth-order valence-electron chi connectivity index (χ4n) is 6.76. The summed E-state index contributed by atoms with van der Waals surface area (Å²) in [6, 6.07) is 6.71. The van der Waals surface area contributed by atoms with Gasteiger partial charge in [-0.25, -0.2) is 4.79 Å². The van der Waals surface area contributed by atoms with Crippen LogP contribution in [0.3, 0.4) is 0 Å². The fraction of sp³-hybridized carbons (Fsp3) is 0.652. The molecular formula is C23H31N3O3. The van der Waals surface area contributed by atoms with E-state index in [2.05, 4.69) is 10.6 Å². The number of hydrogen-bond acceptors (Lipinski definition) is 3. The Bertz CT molecular complexity index is 756. The number of anilines is 1. The number of carbonyl (C=O) groups excluding carboxylic acids is 2. The van der Waals surface area contributed by atoms with Crippen LogP contribution >= 0.6 is 0 Å². The minimum atomic E-state index is -0.360. The number of nitrogens with one attached hydrogen (secondary N) is 2. The summed E-state index contributed by atoms with van der Waals surface area (Å²) in [5.74, 6) is 3.17. The van der Waals surface area contributed by atoms with E-state index in [1.54, 1.807) is 12.0 Å². The predicted molar refractivity (Wildman–Crippen MR) is 111 cm³/mol. The van der Waals surface area contributed by atoms with Crippen LogP contribution in [0.4, 0.5) is 10.5 Å². The normalized spacial score (nSPS) is 34.9. The van der Waals surface area contributed by atoms with E-state index in [-0.39, 0.29) is 23.5 Å². The van der Waals surface area contributed by atoms with E-state index in [1.807, 2.05) is 24.3 Å². The topological polar surface area (TPSA) is 70.7 Å². The van der Waals surface area contributed by atoms with Gasteiger partial charge in [-0.2, -0.15) is 0 Å². The average molecular weight is 398 g/mol. The highest BCUT2D eigenvalue weighted by Gasteiger charge is 2.52. The molecule has 5 fully saturated rings. The monoisotopic (exact) mass is 397 g/mol. The van der Waals surface area contributed by atoms with Gasteiger partial charge in [-0.05, 0) is 93.4 Å². The molecule has 1 aliphatic heterocycles. The number of ether oxygens (including phenoxy) is 1. The Morgan fingerprint density at radius 3 is 2.24 bits per heavy atom. The van der Waals surface area contributed by atoms with Gasteiger partial charge in [-0.1, -0.05) is 0 Å².